The van der Waals surface area contributed by atoms with E-state index in [9.17, 15) is 4.79 Å². The number of amides is 1. The highest BCUT2D eigenvalue weighted by Crippen LogP contribution is 2.10. The van der Waals surface area contributed by atoms with Gasteiger partial charge in [-0.2, -0.15) is 0 Å². The van der Waals surface area contributed by atoms with Crippen LogP contribution in [-0.4, -0.2) is 18.0 Å². The van der Waals surface area contributed by atoms with Crippen molar-refractivity contribution >= 4 is 5.91 Å². The van der Waals surface area contributed by atoms with Crippen molar-refractivity contribution in [1.82, 2.24) is 10.6 Å². The maximum absolute atomic E-state index is 11.6. The van der Waals surface area contributed by atoms with Gasteiger partial charge in [0, 0.05) is 12.6 Å². The summed E-state index contributed by atoms with van der Waals surface area (Å²) in [5, 5.41) is 6.09. The van der Waals surface area contributed by atoms with Crippen LogP contribution in [0.3, 0.4) is 0 Å². The zero-order valence-corrected chi connectivity index (χ0v) is 8.86. The van der Waals surface area contributed by atoms with Gasteiger partial charge in [-0.3, -0.25) is 4.79 Å². The maximum Gasteiger partial charge on any atom is 0.237 e. The highest BCUT2D eigenvalue weighted by Gasteiger charge is 2.29. The molecule has 0 aromatic heterocycles. The van der Waals surface area contributed by atoms with Crippen LogP contribution in [0.1, 0.15) is 18.9 Å². The SMILES string of the molecule is CC1C[C@@H](C(=O)NCc2ccccc2)N1. The maximum atomic E-state index is 11.6. The molecule has 1 aromatic rings. The molecule has 1 heterocycles. The molecular formula is C12H16N2O. The molecule has 1 aromatic carbocycles. The lowest BCUT2D eigenvalue weighted by Gasteiger charge is -2.33. The predicted octanol–water partition coefficient (Wildman–Crippen LogP) is 1.05. The normalized spacial score (nSPS) is 24.3. The summed E-state index contributed by atoms with van der Waals surface area (Å²) in [6.07, 6.45) is 0.945. The van der Waals surface area contributed by atoms with Gasteiger partial charge in [0.05, 0.1) is 6.04 Å². The molecule has 1 unspecified atom stereocenters. The molecule has 2 atom stereocenters. The molecule has 0 saturated carbocycles. The van der Waals surface area contributed by atoms with Gasteiger partial charge in [0.1, 0.15) is 0 Å². The quantitative estimate of drug-likeness (QED) is 0.772. The molecule has 1 saturated heterocycles. The smallest absolute Gasteiger partial charge is 0.237 e. The Hall–Kier alpha value is -1.35. The fraction of sp³-hybridized carbons (Fsp3) is 0.417. The summed E-state index contributed by atoms with van der Waals surface area (Å²) >= 11 is 0. The number of carbonyl (C=O) groups excluding carboxylic acids is 1. The molecule has 1 fully saturated rings. The summed E-state index contributed by atoms with van der Waals surface area (Å²) in [6, 6.07) is 10.5. The van der Waals surface area contributed by atoms with E-state index in [0.29, 0.717) is 12.6 Å². The van der Waals surface area contributed by atoms with E-state index in [4.69, 9.17) is 0 Å². The Kier molecular flexibility index (Phi) is 3.02. The number of hydrogen-bond donors (Lipinski definition) is 2. The van der Waals surface area contributed by atoms with E-state index in [1.54, 1.807) is 0 Å². The molecule has 0 spiro atoms. The lowest BCUT2D eigenvalue weighted by molar-refractivity contribution is -0.125. The van der Waals surface area contributed by atoms with Gasteiger partial charge in [-0.15, -0.1) is 0 Å². The average molecular weight is 204 g/mol. The first kappa shape index (κ1) is 10.2. The Balaban J connectivity index is 1.76. The van der Waals surface area contributed by atoms with Crippen molar-refractivity contribution in [2.45, 2.75) is 32.0 Å². The minimum absolute atomic E-state index is 0.0173. The Labute approximate surface area is 89.9 Å². The zero-order chi connectivity index (χ0) is 10.7. The number of benzene rings is 1. The average Bonchev–Trinajstić information content (AvgIpc) is 2.23. The van der Waals surface area contributed by atoms with E-state index in [-0.39, 0.29) is 11.9 Å². The first-order valence-electron chi connectivity index (χ1n) is 5.33. The molecule has 0 bridgehead atoms. The molecule has 0 aliphatic carbocycles. The Bertz CT molecular complexity index is 331. The van der Waals surface area contributed by atoms with Gasteiger partial charge in [-0.05, 0) is 18.9 Å². The van der Waals surface area contributed by atoms with Crippen LogP contribution in [0.2, 0.25) is 0 Å². The second-order valence-electron chi connectivity index (χ2n) is 4.06. The predicted molar refractivity (Wildman–Crippen MR) is 59.3 cm³/mol. The van der Waals surface area contributed by atoms with Gasteiger partial charge in [-0.25, -0.2) is 0 Å². The van der Waals surface area contributed by atoms with Crippen LogP contribution >= 0.6 is 0 Å². The Morgan fingerprint density at radius 3 is 2.73 bits per heavy atom. The molecule has 0 radical (unpaired) electrons. The topological polar surface area (TPSA) is 41.1 Å². The number of rotatable bonds is 3. The van der Waals surface area contributed by atoms with Crippen LogP contribution in [0.25, 0.3) is 0 Å². The summed E-state index contributed by atoms with van der Waals surface area (Å²) < 4.78 is 0. The first-order valence-corrected chi connectivity index (χ1v) is 5.33. The van der Waals surface area contributed by atoms with Crippen LogP contribution in [0, 0.1) is 0 Å². The second-order valence-corrected chi connectivity index (χ2v) is 4.06. The summed E-state index contributed by atoms with van der Waals surface area (Å²) in [4.78, 5) is 11.6. The molecular weight excluding hydrogens is 188 g/mol. The molecule has 1 aliphatic rings. The van der Waals surface area contributed by atoms with Crippen molar-refractivity contribution in [2.75, 3.05) is 0 Å². The summed E-state index contributed by atoms with van der Waals surface area (Å²) in [5.74, 6) is 0.108. The molecule has 3 nitrogen and oxygen atoms in total. The third kappa shape index (κ3) is 2.57. The molecule has 15 heavy (non-hydrogen) atoms. The van der Waals surface area contributed by atoms with Gasteiger partial charge in [0.15, 0.2) is 0 Å². The largest absolute Gasteiger partial charge is 0.351 e. The van der Waals surface area contributed by atoms with Crippen molar-refractivity contribution in [3.63, 3.8) is 0 Å². The standard InChI is InChI=1S/C12H16N2O/c1-9-7-11(14-9)12(15)13-8-10-5-3-2-4-6-10/h2-6,9,11,14H,7-8H2,1H3,(H,13,15)/t9?,11-/m0/s1. The third-order valence-electron chi connectivity index (χ3n) is 2.70. The Morgan fingerprint density at radius 1 is 1.47 bits per heavy atom. The molecule has 80 valence electrons. The van der Waals surface area contributed by atoms with E-state index in [0.717, 1.165) is 12.0 Å². The zero-order valence-electron chi connectivity index (χ0n) is 8.86. The van der Waals surface area contributed by atoms with Gasteiger partial charge in [0.25, 0.3) is 0 Å². The third-order valence-corrected chi connectivity index (χ3v) is 2.70. The number of nitrogens with one attached hydrogen (secondary N) is 2. The summed E-state index contributed by atoms with van der Waals surface area (Å²) in [7, 11) is 0. The van der Waals surface area contributed by atoms with Gasteiger partial charge >= 0.3 is 0 Å². The molecule has 2 N–H and O–H groups in total. The van der Waals surface area contributed by atoms with Crippen molar-refractivity contribution in [1.29, 1.82) is 0 Å². The van der Waals surface area contributed by atoms with E-state index < -0.39 is 0 Å². The van der Waals surface area contributed by atoms with E-state index in [1.165, 1.54) is 0 Å². The first-order chi connectivity index (χ1) is 7.25. The summed E-state index contributed by atoms with van der Waals surface area (Å²) in [6.45, 7) is 2.70. The lowest BCUT2D eigenvalue weighted by Crippen LogP contribution is -2.58. The fourth-order valence-electron chi connectivity index (χ4n) is 1.76. The Morgan fingerprint density at radius 2 is 2.13 bits per heavy atom. The lowest BCUT2D eigenvalue weighted by atomic mass is 9.98. The second kappa shape index (κ2) is 4.45. The van der Waals surface area contributed by atoms with Gasteiger partial charge in [-0.1, -0.05) is 30.3 Å². The van der Waals surface area contributed by atoms with Crippen LogP contribution in [0.5, 0.6) is 0 Å². The molecule has 3 heteroatoms. The van der Waals surface area contributed by atoms with Crippen LogP contribution in [0.4, 0.5) is 0 Å². The van der Waals surface area contributed by atoms with Crippen LogP contribution in [-0.2, 0) is 11.3 Å². The van der Waals surface area contributed by atoms with Crippen molar-refractivity contribution in [3.05, 3.63) is 35.9 Å². The fourth-order valence-corrected chi connectivity index (χ4v) is 1.76. The van der Waals surface area contributed by atoms with E-state index in [1.807, 2.05) is 30.3 Å². The van der Waals surface area contributed by atoms with Gasteiger partial charge in [0.2, 0.25) is 5.91 Å². The highest BCUT2D eigenvalue weighted by atomic mass is 16.2. The molecule has 1 amide bonds. The van der Waals surface area contributed by atoms with Crippen molar-refractivity contribution in [3.8, 4) is 0 Å². The monoisotopic (exact) mass is 204 g/mol. The minimum Gasteiger partial charge on any atom is -0.351 e. The van der Waals surface area contributed by atoms with E-state index >= 15 is 0 Å². The van der Waals surface area contributed by atoms with E-state index in [2.05, 4.69) is 17.6 Å². The number of hydrogen-bond acceptors (Lipinski definition) is 2. The van der Waals surface area contributed by atoms with Crippen molar-refractivity contribution < 1.29 is 4.79 Å². The molecule has 1 aliphatic heterocycles. The van der Waals surface area contributed by atoms with Crippen LogP contribution in [0.15, 0.2) is 30.3 Å². The minimum atomic E-state index is 0.0173. The highest BCUT2D eigenvalue weighted by molar-refractivity contribution is 5.82. The molecule has 2 rings (SSSR count). The number of carbonyl (C=O) groups is 1. The summed E-state index contributed by atoms with van der Waals surface area (Å²) in [5.41, 5.74) is 1.14. The van der Waals surface area contributed by atoms with Crippen molar-refractivity contribution in [2.24, 2.45) is 0 Å². The van der Waals surface area contributed by atoms with Gasteiger partial charge < -0.3 is 10.6 Å². The van der Waals surface area contributed by atoms with Crippen LogP contribution < -0.4 is 10.6 Å².